The molecular weight excluding hydrogens is 1330 g/mol. The summed E-state index contributed by atoms with van der Waals surface area (Å²) in [4.78, 5) is 108. The summed E-state index contributed by atoms with van der Waals surface area (Å²) in [6.45, 7) is 24.1. The summed E-state index contributed by atoms with van der Waals surface area (Å²) in [5, 5.41) is 17.1. The minimum Gasteiger partial charge on any atom is -0.463 e. The van der Waals surface area contributed by atoms with Gasteiger partial charge >= 0.3 is 17.9 Å². The van der Waals surface area contributed by atoms with Crippen molar-refractivity contribution in [1.82, 2.24) is 31.9 Å². The van der Waals surface area contributed by atoms with Crippen molar-refractivity contribution >= 4 is 53.4 Å². The van der Waals surface area contributed by atoms with E-state index >= 15 is 0 Å². The predicted octanol–water partition coefficient (Wildman–Crippen LogP) is -0.403. The number of rotatable bonds is 54. The number of carbonyl (C=O) groups is 9. The zero-order chi connectivity index (χ0) is 74.5. The Morgan fingerprint density at radius 3 is 0.802 bits per heavy atom. The molecular formula is C67H119N7O27. The fourth-order valence-corrected chi connectivity index (χ4v) is 10.9. The Balaban J connectivity index is 1.35. The molecule has 15 atom stereocenters. The van der Waals surface area contributed by atoms with Crippen LogP contribution in [-0.2, 0) is 128 Å². The summed E-state index contributed by atoms with van der Waals surface area (Å²) in [5.41, 5.74) is 5.49. The van der Waals surface area contributed by atoms with Crippen LogP contribution in [0.4, 0.5) is 0 Å². The smallest absolute Gasteiger partial charge is 0.302 e. The number of amides is 6. The van der Waals surface area contributed by atoms with Crippen molar-refractivity contribution in [2.45, 2.75) is 163 Å². The molecule has 0 spiro atoms. The number of hydrogen-bond acceptors (Lipinski definition) is 28. The van der Waals surface area contributed by atoms with Crippen LogP contribution in [-0.4, -0.2) is 292 Å². The van der Waals surface area contributed by atoms with Gasteiger partial charge in [-0.3, -0.25) is 43.2 Å². The minimum atomic E-state index is -1.24. The van der Waals surface area contributed by atoms with Gasteiger partial charge in [-0.25, -0.2) is 0 Å². The van der Waals surface area contributed by atoms with E-state index in [4.69, 9.17) is 91.0 Å². The average Bonchev–Trinajstić information content (AvgIpc) is 0.821. The van der Waals surface area contributed by atoms with Crippen molar-refractivity contribution in [2.75, 3.05) is 178 Å². The highest BCUT2D eigenvalue weighted by Gasteiger charge is 2.46. The number of carbonyl (C=O) groups excluding carboxylic acids is 9. The van der Waals surface area contributed by atoms with Crippen LogP contribution < -0.4 is 37.6 Å². The van der Waals surface area contributed by atoms with Gasteiger partial charge in [0.05, 0.1) is 181 Å². The van der Waals surface area contributed by atoms with Crippen LogP contribution in [0.15, 0.2) is 0 Å². The Hall–Kier alpha value is -5.41. The molecule has 8 N–H and O–H groups in total. The predicted molar refractivity (Wildman–Crippen MR) is 359 cm³/mol. The molecule has 0 bridgehead atoms. The Morgan fingerprint density at radius 2 is 0.564 bits per heavy atom. The van der Waals surface area contributed by atoms with E-state index in [1.54, 1.807) is 0 Å². The maximum absolute atomic E-state index is 12.7. The molecule has 0 saturated carbocycles. The lowest BCUT2D eigenvalue weighted by Gasteiger charge is -2.44. The first-order valence-corrected chi connectivity index (χ1v) is 35.0. The van der Waals surface area contributed by atoms with E-state index in [-0.39, 0.29) is 268 Å². The number of nitrogens with one attached hydrogen (secondary N) is 6. The fourth-order valence-electron chi connectivity index (χ4n) is 10.9. The van der Waals surface area contributed by atoms with E-state index in [0.29, 0.717) is 0 Å². The zero-order valence-electron chi connectivity index (χ0n) is 61.5. The molecule has 0 aromatic rings. The molecule has 584 valence electrons. The largest absolute Gasteiger partial charge is 0.463 e. The molecule has 3 aliphatic heterocycles. The van der Waals surface area contributed by atoms with Gasteiger partial charge in [0.15, 0.2) is 18.9 Å². The van der Waals surface area contributed by atoms with E-state index in [0.717, 1.165) is 0 Å². The molecule has 3 heterocycles. The zero-order valence-corrected chi connectivity index (χ0v) is 61.5. The topological polar surface area (TPSA) is 418 Å². The fraction of sp³-hybridized carbons (Fsp3) is 0.866. The van der Waals surface area contributed by atoms with Gasteiger partial charge in [-0.15, -0.1) is 0 Å². The third-order valence-electron chi connectivity index (χ3n) is 17.2. The second-order valence-electron chi connectivity index (χ2n) is 25.5. The summed E-state index contributed by atoms with van der Waals surface area (Å²) >= 11 is 0. The number of hydrogen-bond donors (Lipinski definition) is 7. The van der Waals surface area contributed by atoms with Crippen LogP contribution in [0.5, 0.6) is 0 Å². The van der Waals surface area contributed by atoms with Crippen LogP contribution >= 0.6 is 0 Å². The number of nitrogens with two attached hydrogens (primary N) is 1. The van der Waals surface area contributed by atoms with Crippen LogP contribution in [0.25, 0.3) is 0 Å². The first kappa shape index (κ1) is 89.8. The van der Waals surface area contributed by atoms with Gasteiger partial charge < -0.3 is 123 Å². The van der Waals surface area contributed by atoms with Gasteiger partial charge in [0.25, 0.3) is 0 Å². The molecule has 6 unspecified atom stereocenters. The van der Waals surface area contributed by atoms with E-state index in [2.05, 4.69) is 31.9 Å². The molecule has 0 aliphatic carbocycles. The lowest BCUT2D eigenvalue weighted by Crippen LogP contribution is -2.58. The van der Waals surface area contributed by atoms with Crippen molar-refractivity contribution in [3.8, 4) is 0 Å². The first-order valence-electron chi connectivity index (χ1n) is 35.0. The molecule has 34 nitrogen and oxygen atoms in total. The van der Waals surface area contributed by atoms with Gasteiger partial charge in [-0.1, -0.05) is 41.5 Å². The summed E-state index contributed by atoms with van der Waals surface area (Å²) in [5.74, 6) is -2.94. The van der Waals surface area contributed by atoms with Crippen LogP contribution in [0, 0.1) is 35.5 Å². The lowest BCUT2D eigenvalue weighted by atomic mass is 9.82. The van der Waals surface area contributed by atoms with Gasteiger partial charge in [-0.2, -0.15) is 0 Å². The maximum atomic E-state index is 12.7. The van der Waals surface area contributed by atoms with E-state index in [1.807, 2.05) is 41.5 Å². The van der Waals surface area contributed by atoms with Gasteiger partial charge in [0.2, 0.25) is 35.4 Å². The maximum Gasteiger partial charge on any atom is 0.302 e. The number of esters is 3. The molecule has 3 rings (SSSR count). The summed E-state index contributed by atoms with van der Waals surface area (Å²) in [6.07, 6.45) is -3.54. The highest BCUT2D eigenvalue weighted by molar-refractivity contribution is 5.77. The monoisotopic (exact) mass is 1450 g/mol. The number of ether oxygens (including phenoxy) is 18. The lowest BCUT2D eigenvalue weighted by molar-refractivity contribution is -0.247. The second-order valence-corrected chi connectivity index (χ2v) is 25.5. The highest BCUT2D eigenvalue weighted by Crippen LogP contribution is 2.34. The Labute approximate surface area is 594 Å². The Kier molecular flexibility index (Phi) is 46.0. The summed E-state index contributed by atoms with van der Waals surface area (Å²) in [6, 6.07) is -1.24. The molecule has 0 radical (unpaired) electrons. The molecule has 34 heteroatoms. The van der Waals surface area contributed by atoms with Gasteiger partial charge in [0, 0.05) is 80.4 Å². The molecule has 3 aliphatic rings. The molecule has 0 aromatic heterocycles. The van der Waals surface area contributed by atoms with E-state index < -0.39 is 78.8 Å². The average molecular weight is 1450 g/mol. The third kappa shape index (κ3) is 38.8. The normalized spacial score (nSPS) is 25.6. The summed E-state index contributed by atoms with van der Waals surface area (Å²) in [7, 11) is 0. The molecule has 0 aromatic carbocycles. The molecule has 6 amide bonds. The standard InChI is InChI=1S/C67H119N7O27/c1-43-46(4)61(72-49(7)75)64(99-55(43)37-96-52(10)78)93-34-31-87-28-25-84-22-16-69-58(81)13-19-90-40-67(68,41-91-20-14-59(82)70-17-23-85-26-29-88-32-35-94-65-62(73-50(8)76)47(5)44(2)56(100-65)38-97-53(11)79)42-92-21-15-60(83)71-18-24-86-27-30-89-33-36-95-66-63(74-51(9)77)48(6)45(3)57(101-66)39-98-54(12)80/h43-48,55-57,61-66H,13-42,68H2,1-12H3,(H,69,81)(H,70,82)(H,71,83)(H,72,75)(H,73,76)(H,74,77)/t43-,44-,45-,46+,47+,48+,55?,56?,57?,61?,62?,63?,64-,65-,66-,67?/m1/s1. The summed E-state index contributed by atoms with van der Waals surface area (Å²) < 4.78 is 103. The van der Waals surface area contributed by atoms with Gasteiger partial charge in [0.1, 0.15) is 19.8 Å². The van der Waals surface area contributed by atoms with Crippen LogP contribution in [0.3, 0.4) is 0 Å². The van der Waals surface area contributed by atoms with Crippen molar-refractivity contribution in [2.24, 2.45) is 41.2 Å². The minimum absolute atomic E-state index is 0.00859. The van der Waals surface area contributed by atoms with Crippen molar-refractivity contribution in [3.63, 3.8) is 0 Å². The quantitative estimate of drug-likeness (QED) is 0.0231. The van der Waals surface area contributed by atoms with E-state index in [9.17, 15) is 43.2 Å². The first-order chi connectivity index (χ1) is 48.2. The molecule has 3 saturated heterocycles. The molecule has 101 heavy (non-hydrogen) atoms. The van der Waals surface area contributed by atoms with Gasteiger partial charge in [-0.05, 0) is 35.5 Å². The SMILES string of the molecule is CC(=O)NC1[C@H](OCCOCCOCCNC(=O)CCOCC(N)(COCCC(=O)NCCOCCOCCO[C@@H]2OC(COC(C)=O)[C@H](C)[C@H](C)C2NC(C)=O)COCCC(=O)NCCOCCOCCO[C@@H]2OC(COC(C)=O)[C@H](C)[C@H](C)C2NC(C)=O)OC(COC(C)=O)[C@H](C)[C@@H]1C. The highest BCUT2D eigenvalue weighted by atomic mass is 16.7. The van der Waals surface area contributed by atoms with Crippen molar-refractivity contribution in [3.05, 3.63) is 0 Å². The van der Waals surface area contributed by atoms with Crippen LogP contribution in [0.2, 0.25) is 0 Å². The Bertz CT molecular complexity index is 2150. The third-order valence-corrected chi connectivity index (χ3v) is 17.2. The van der Waals surface area contributed by atoms with Crippen molar-refractivity contribution < 1.29 is 128 Å². The van der Waals surface area contributed by atoms with Crippen LogP contribution in [0.1, 0.15) is 102 Å². The second kappa shape index (κ2) is 51.7. The van der Waals surface area contributed by atoms with Crippen molar-refractivity contribution in [1.29, 1.82) is 0 Å². The Morgan fingerprint density at radius 1 is 0.327 bits per heavy atom. The molecule has 3 fully saturated rings. The van der Waals surface area contributed by atoms with E-state index in [1.165, 1.54) is 41.5 Å².